The minimum atomic E-state index is 0.705. The first-order valence-corrected chi connectivity index (χ1v) is 6.55. The molecule has 4 heteroatoms. The van der Waals surface area contributed by atoms with E-state index in [0.717, 1.165) is 49.1 Å². The van der Waals surface area contributed by atoms with Crippen molar-refractivity contribution in [3.05, 3.63) is 36.0 Å². The molecule has 0 radical (unpaired) electrons. The molecule has 1 saturated heterocycles. The fourth-order valence-electron chi connectivity index (χ4n) is 2.51. The maximum atomic E-state index is 10.9. The van der Waals surface area contributed by atoms with Crippen LogP contribution in [0.1, 0.15) is 10.4 Å². The number of carbonyl (C=O) groups excluding carboxylic acids is 1. The van der Waals surface area contributed by atoms with Crippen LogP contribution in [-0.2, 0) is 0 Å². The monoisotopic (exact) mass is 255 g/mol. The molecule has 0 aliphatic carbocycles. The molecule has 0 spiro atoms. The summed E-state index contributed by atoms with van der Waals surface area (Å²) in [5.41, 5.74) is 0.705. The molecular formula is C15H17N3O. The summed E-state index contributed by atoms with van der Waals surface area (Å²) in [6.45, 7) is 4.05. The lowest BCUT2D eigenvalue weighted by molar-refractivity contribution is 0.112. The van der Waals surface area contributed by atoms with Crippen LogP contribution in [0, 0.1) is 0 Å². The molecule has 0 unspecified atom stereocenters. The van der Waals surface area contributed by atoms with Crippen molar-refractivity contribution < 1.29 is 4.79 Å². The Morgan fingerprint density at radius 3 is 2.68 bits per heavy atom. The van der Waals surface area contributed by atoms with Crippen molar-refractivity contribution in [2.75, 3.05) is 38.1 Å². The highest BCUT2D eigenvalue weighted by Gasteiger charge is 2.17. The lowest BCUT2D eigenvalue weighted by Crippen LogP contribution is -2.44. The molecule has 1 fully saturated rings. The van der Waals surface area contributed by atoms with Crippen LogP contribution in [0.15, 0.2) is 30.5 Å². The Morgan fingerprint density at radius 2 is 1.95 bits per heavy atom. The van der Waals surface area contributed by atoms with Crippen molar-refractivity contribution >= 4 is 22.9 Å². The van der Waals surface area contributed by atoms with Crippen LogP contribution in [0.3, 0.4) is 0 Å². The number of nitrogens with zero attached hydrogens (tertiary/aromatic N) is 3. The van der Waals surface area contributed by atoms with Gasteiger partial charge in [-0.05, 0) is 24.6 Å². The zero-order valence-corrected chi connectivity index (χ0v) is 11.0. The van der Waals surface area contributed by atoms with Crippen LogP contribution in [0.4, 0.5) is 5.82 Å². The lowest BCUT2D eigenvalue weighted by atomic mass is 10.1. The second kappa shape index (κ2) is 4.97. The number of aromatic nitrogens is 1. The zero-order chi connectivity index (χ0) is 13.2. The molecule has 0 bridgehead atoms. The summed E-state index contributed by atoms with van der Waals surface area (Å²) in [6.07, 6.45) is 2.73. The second-order valence-electron chi connectivity index (χ2n) is 5.02. The summed E-state index contributed by atoms with van der Waals surface area (Å²) in [7, 11) is 2.14. The van der Waals surface area contributed by atoms with Gasteiger partial charge in [-0.1, -0.05) is 12.1 Å². The minimum absolute atomic E-state index is 0.705. The molecule has 0 saturated carbocycles. The standard InChI is InChI=1S/C15H17N3O/c1-17-6-8-18(9-7-17)15-14-10-12(11-19)2-3-13(14)4-5-16-15/h2-5,10-11H,6-9H2,1H3. The quantitative estimate of drug-likeness (QED) is 0.767. The van der Waals surface area contributed by atoms with Crippen molar-refractivity contribution in [1.29, 1.82) is 0 Å². The van der Waals surface area contributed by atoms with E-state index in [4.69, 9.17) is 0 Å². The van der Waals surface area contributed by atoms with E-state index in [-0.39, 0.29) is 0 Å². The van der Waals surface area contributed by atoms with E-state index in [0.29, 0.717) is 5.56 Å². The van der Waals surface area contributed by atoms with Gasteiger partial charge in [-0.25, -0.2) is 4.98 Å². The zero-order valence-electron chi connectivity index (χ0n) is 11.0. The average Bonchev–Trinajstić information content (AvgIpc) is 2.47. The summed E-state index contributed by atoms with van der Waals surface area (Å²) in [5, 5.41) is 2.20. The third-order valence-electron chi connectivity index (χ3n) is 3.71. The minimum Gasteiger partial charge on any atom is -0.354 e. The van der Waals surface area contributed by atoms with E-state index in [1.165, 1.54) is 0 Å². The molecule has 98 valence electrons. The van der Waals surface area contributed by atoms with Gasteiger partial charge in [0, 0.05) is 43.3 Å². The molecule has 19 heavy (non-hydrogen) atoms. The predicted octanol–water partition coefficient (Wildman–Crippen LogP) is 1.80. The summed E-state index contributed by atoms with van der Waals surface area (Å²) in [5.74, 6) is 0.995. The third kappa shape index (κ3) is 2.31. The molecule has 0 atom stereocenters. The van der Waals surface area contributed by atoms with Crippen molar-refractivity contribution in [2.24, 2.45) is 0 Å². The Balaban J connectivity index is 2.04. The van der Waals surface area contributed by atoms with Crippen LogP contribution in [-0.4, -0.2) is 49.4 Å². The number of benzene rings is 1. The molecule has 2 heterocycles. The van der Waals surface area contributed by atoms with Crippen LogP contribution >= 0.6 is 0 Å². The van der Waals surface area contributed by atoms with Gasteiger partial charge in [-0.2, -0.15) is 0 Å². The molecule has 2 aromatic rings. The predicted molar refractivity (Wildman–Crippen MR) is 76.8 cm³/mol. The topological polar surface area (TPSA) is 36.4 Å². The van der Waals surface area contributed by atoms with Crippen LogP contribution < -0.4 is 4.90 Å². The fraction of sp³-hybridized carbons (Fsp3) is 0.333. The SMILES string of the molecule is CN1CCN(c2nccc3ccc(C=O)cc23)CC1. The first-order valence-electron chi connectivity index (χ1n) is 6.55. The number of pyridine rings is 1. The number of carbonyl (C=O) groups is 1. The molecule has 1 aliphatic heterocycles. The third-order valence-corrected chi connectivity index (χ3v) is 3.71. The molecule has 1 aromatic carbocycles. The molecule has 0 amide bonds. The lowest BCUT2D eigenvalue weighted by Gasteiger charge is -2.33. The van der Waals surface area contributed by atoms with Gasteiger partial charge in [-0.3, -0.25) is 4.79 Å². The average molecular weight is 255 g/mol. The first kappa shape index (κ1) is 12.1. The number of aldehydes is 1. The fourth-order valence-corrected chi connectivity index (χ4v) is 2.51. The van der Waals surface area contributed by atoms with E-state index in [9.17, 15) is 4.79 Å². The Morgan fingerprint density at radius 1 is 1.16 bits per heavy atom. The van der Waals surface area contributed by atoms with Gasteiger partial charge in [0.25, 0.3) is 0 Å². The van der Waals surface area contributed by atoms with Crippen molar-refractivity contribution in [3.8, 4) is 0 Å². The second-order valence-corrected chi connectivity index (χ2v) is 5.02. The Bertz CT molecular complexity index is 603. The molecular weight excluding hydrogens is 238 g/mol. The number of rotatable bonds is 2. The highest BCUT2D eigenvalue weighted by Crippen LogP contribution is 2.25. The smallest absolute Gasteiger partial charge is 0.150 e. The van der Waals surface area contributed by atoms with Gasteiger partial charge < -0.3 is 9.80 Å². The summed E-state index contributed by atoms with van der Waals surface area (Å²) in [6, 6.07) is 7.76. The van der Waals surface area contributed by atoms with E-state index in [2.05, 4.69) is 21.8 Å². The van der Waals surface area contributed by atoms with Gasteiger partial charge >= 0.3 is 0 Å². The number of fused-ring (bicyclic) bond motifs is 1. The van der Waals surface area contributed by atoms with Crippen molar-refractivity contribution in [1.82, 2.24) is 9.88 Å². The van der Waals surface area contributed by atoms with Gasteiger partial charge in [0.05, 0.1) is 0 Å². The van der Waals surface area contributed by atoms with Crippen LogP contribution in [0.5, 0.6) is 0 Å². The number of likely N-dealkylation sites (N-methyl/N-ethyl adjacent to an activating group) is 1. The number of piperazine rings is 1. The summed E-state index contributed by atoms with van der Waals surface area (Å²) >= 11 is 0. The molecule has 3 rings (SSSR count). The van der Waals surface area contributed by atoms with Gasteiger partial charge in [0.15, 0.2) is 0 Å². The highest BCUT2D eigenvalue weighted by atomic mass is 16.1. The normalized spacial score (nSPS) is 16.8. The van der Waals surface area contributed by atoms with Crippen molar-refractivity contribution in [3.63, 3.8) is 0 Å². The van der Waals surface area contributed by atoms with E-state index in [1.807, 2.05) is 30.5 Å². The maximum Gasteiger partial charge on any atom is 0.150 e. The van der Waals surface area contributed by atoms with Gasteiger partial charge in [0.2, 0.25) is 0 Å². The largest absolute Gasteiger partial charge is 0.354 e. The van der Waals surface area contributed by atoms with Crippen LogP contribution in [0.25, 0.3) is 10.8 Å². The Labute approximate surface area is 112 Å². The first-order chi connectivity index (χ1) is 9.28. The Hall–Kier alpha value is -1.94. The highest BCUT2D eigenvalue weighted by molar-refractivity contribution is 5.95. The van der Waals surface area contributed by atoms with E-state index < -0.39 is 0 Å². The van der Waals surface area contributed by atoms with E-state index in [1.54, 1.807) is 0 Å². The summed E-state index contributed by atoms with van der Waals surface area (Å²) < 4.78 is 0. The number of anilines is 1. The van der Waals surface area contributed by atoms with E-state index >= 15 is 0 Å². The van der Waals surface area contributed by atoms with Crippen LogP contribution in [0.2, 0.25) is 0 Å². The molecule has 0 N–H and O–H groups in total. The van der Waals surface area contributed by atoms with Gasteiger partial charge in [-0.15, -0.1) is 0 Å². The van der Waals surface area contributed by atoms with Crippen molar-refractivity contribution in [2.45, 2.75) is 0 Å². The molecule has 4 nitrogen and oxygen atoms in total. The molecule has 1 aliphatic rings. The number of hydrogen-bond donors (Lipinski definition) is 0. The summed E-state index contributed by atoms with van der Waals surface area (Å²) in [4.78, 5) is 20.1. The molecule has 1 aromatic heterocycles. The van der Waals surface area contributed by atoms with Gasteiger partial charge in [0.1, 0.15) is 12.1 Å². The maximum absolute atomic E-state index is 10.9. The number of hydrogen-bond acceptors (Lipinski definition) is 4. The Kier molecular flexibility index (Phi) is 3.17.